The molecule has 1 aliphatic rings. The van der Waals surface area contributed by atoms with E-state index in [1.165, 1.54) is 138 Å². The van der Waals surface area contributed by atoms with E-state index in [0.29, 0.717) is 0 Å². The van der Waals surface area contributed by atoms with Crippen LogP contribution < -0.4 is 0 Å². The van der Waals surface area contributed by atoms with Crippen LogP contribution in [0.3, 0.4) is 0 Å². The van der Waals surface area contributed by atoms with Crippen LogP contribution in [0.1, 0.15) is 137 Å². The Hall–Kier alpha value is -0.834. The van der Waals surface area contributed by atoms with E-state index < -0.39 is 32.3 Å². The van der Waals surface area contributed by atoms with Crippen molar-refractivity contribution in [2.24, 2.45) is 0 Å². The number of fused-ring (bicyclic) bond motifs is 4. The van der Waals surface area contributed by atoms with Crippen LogP contribution in [0.5, 0.6) is 0 Å². The van der Waals surface area contributed by atoms with Crippen LogP contribution >= 0.6 is 0 Å². The minimum atomic E-state index is -1.48. The van der Waals surface area contributed by atoms with E-state index in [1.54, 1.807) is 0 Å². The van der Waals surface area contributed by atoms with Crippen molar-refractivity contribution >= 4 is 92.2 Å². The fourth-order valence-electron chi connectivity index (χ4n) is 11.6. The zero-order valence-corrected chi connectivity index (χ0v) is 46.5. The molecule has 0 spiro atoms. The monoisotopic (exact) mass is 984 g/mol. The van der Waals surface area contributed by atoms with Gasteiger partial charge in [-0.25, -0.2) is 0 Å². The molecule has 0 saturated heterocycles. The Morgan fingerprint density at radius 2 is 0.586 bits per heavy atom. The SMILES string of the molecule is CC[Si](CC)(CC)CCc1c2c(c(CC[Si](CC)(CC)CC)c3[se]ccc13)C(=O)c1c(c(CC[Si](CC)(CC)CC)c3[se]ccc3c1CC[Si](CC)(CC)CC)C2=O. The molecule has 2 aromatic heterocycles. The Kier molecular flexibility index (Phi) is 17.1. The van der Waals surface area contributed by atoms with E-state index >= 15 is 9.59 Å². The molecule has 4 aromatic rings. The molecule has 2 aromatic carbocycles. The van der Waals surface area contributed by atoms with Gasteiger partial charge in [0.25, 0.3) is 0 Å². The van der Waals surface area contributed by atoms with E-state index in [0.717, 1.165) is 47.9 Å². The summed E-state index contributed by atoms with van der Waals surface area (Å²) in [4.78, 5) is 37.4. The van der Waals surface area contributed by atoms with Crippen LogP contribution in [-0.4, -0.2) is 72.9 Å². The second kappa shape index (κ2) is 20.6. The standard InChI is InChI=1S/C50H80O2Se2Si4/c1-13-55(14-2,15-3)33-27-37-39-25-31-53-49(39)41(29-35-57(19-7,20-8)21-9)45-43(37)47(51)46-42(30-36-58(22-10,23-11)24-12)50-40(26-32-54-50)38(44(46)48(45)52)28-34-56(16-4,17-5)18-6/h25-26,31-32H,13-24,27-30,33-36H2,1-12H3. The maximum atomic E-state index is 16.3. The van der Waals surface area contributed by atoms with Gasteiger partial charge in [0, 0.05) is 0 Å². The molecule has 0 amide bonds. The molecular weight excluding hydrogens is 903 g/mol. The third-order valence-electron chi connectivity index (χ3n) is 17.8. The average Bonchev–Trinajstić information content (AvgIpc) is 3.97. The Bertz CT molecular complexity index is 1730. The van der Waals surface area contributed by atoms with E-state index in [4.69, 9.17) is 0 Å². The second-order valence-electron chi connectivity index (χ2n) is 18.6. The Morgan fingerprint density at radius 3 is 0.828 bits per heavy atom. The van der Waals surface area contributed by atoms with Crippen molar-refractivity contribution < 1.29 is 9.59 Å². The normalized spacial score (nSPS) is 13.9. The van der Waals surface area contributed by atoms with Crippen molar-refractivity contribution in [3.05, 3.63) is 66.5 Å². The fourth-order valence-corrected chi connectivity index (χ4v) is 29.2. The van der Waals surface area contributed by atoms with E-state index in [2.05, 4.69) is 105 Å². The minimum absolute atomic E-state index is 0.196. The summed E-state index contributed by atoms with van der Waals surface area (Å²) in [6.07, 6.45) is 3.83. The Labute approximate surface area is 371 Å². The van der Waals surface area contributed by atoms with Gasteiger partial charge in [0.1, 0.15) is 0 Å². The summed E-state index contributed by atoms with van der Waals surface area (Å²) >= 11 is 0.393. The van der Waals surface area contributed by atoms with E-state index in [-0.39, 0.29) is 40.6 Å². The van der Waals surface area contributed by atoms with E-state index in [1.807, 2.05) is 0 Å². The number of aryl methyl sites for hydroxylation is 4. The molecule has 0 N–H and O–H groups in total. The predicted molar refractivity (Wildman–Crippen MR) is 271 cm³/mol. The third kappa shape index (κ3) is 8.86. The number of rotatable bonds is 24. The summed E-state index contributed by atoms with van der Waals surface area (Å²) in [7, 11) is -5.93. The second-order valence-corrected chi connectivity index (χ2v) is 45.0. The number of ketones is 2. The van der Waals surface area contributed by atoms with Gasteiger partial charge in [-0.05, 0) is 0 Å². The number of carbonyl (C=O) groups excluding carboxylic acids is 2. The van der Waals surface area contributed by atoms with Crippen molar-refractivity contribution in [3.8, 4) is 0 Å². The van der Waals surface area contributed by atoms with Gasteiger partial charge < -0.3 is 0 Å². The van der Waals surface area contributed by atoms with Crippen molar-refractivity contribution in [2.75, 3.05) is 0 Å². The molecule has 0 aliphatic heterocycles. The summed E-state index contributed by atoms with van der Waals surface area (Å²) in [5, 5.41) is 2.71. The number of carbonyl (C=O) groups is 2. The first-order valence-electron chi connectivity index (χ1n) is 24.1. The zero-order valence-electron chi connectivity index (χ0n) is 39.1. The summed E-state index contributed by atoms with van der Waals surface area (Å²) in [5.41, 5.74) is 8.60. The maximum absolute atomic E-state index is 16.3. The van der Waals surface area contributed by atoms with Gasteiger partial charge in [-0.2, -0.15) is 0 Å². The molecule has 0 fully saturated rings. The molecule has 1 aliphatic carbocycles. The van der Waals surface area contributed by atoms with Gasteiger partial charge in [0.15, 0.2) is 0 Å². The van der Waals surface area contributed by atoms with Gasteiger partial charge in [-0.1, -0.05) is 0 Å². The summed E-state index contributed by atoms with van der Waals surface area (Å²) in [6, 6.07) is 25.2. The number of hydrogen-bond acceptors (Lipinski definition) is 2. The molecule has 5 rings (SSSR count). The Morgan fingerprint density at radius 1 is 0.362 bits per heavy atom. The molecule has 8 heteroatoms. The zero-order chi connectivity index (χ0) is 42.5. The molecule has 0 unspecified atom stereocenters. The van der Waals surface area contributed by atoms with E-state index in [9.17, 15) is 0 Å². The molecule has 0 atom stereocenters. The summed E-state index contributed by atoms with van der Waals surface area (Å²) in [6.45, 7) is 29.1. The summed E-state index contributed by atoms with van der Waals surface area (Å²) in [5.74, 6) is 0.475. The van der Waals surface area contributed by atoms with Crippen molar-refractivity contribution in [2.45, 2.75) is 205 Å². The average molecular weight is 983 g/mol. The van der Waals surface area contributed by atoms with Crippen LogP contribution in [-0.2, 0) is 25.7 Å². The predicted octanol–water partition coefficient (Wildman–Crippen LogP) is 15.1. The van der Waals surface area contributed by atoms with Crippen LogP contribution in [0.4, 0.5) is 0 Å². The van der Waals surface area contributed by atoms with Crippen LogP contribution in [0.15, 0.2) is 22.0 Å². The molecular formula is C50H80O2Se2Si4. The molecule has 58 heavy (non-hydrogen) atoms. The van der Waals surface area contributed by atoms with Gasteiger partial charge in [-0.15, -0.1) is 0 Å². The van der Waals surface area contributed by atoms with Gasteiger partial charge in [0.2, 0.25) is 0 Å². The van der Waals surface area contributed by atoms with Gasteiger partial charge >= 0.3 is 374 Å². The topological polar surface area (TPSA) is 34.1 Å². The molecule has 0 bridgehead atoms. The molecule has 0 radical (unpaired) electrons. The third-order valence-corrected chi connectivity index (χ3v) is 45.1. The molecule has 320 valence electrons. The molecule has 2 nitrogen and oxygen atoms in total. The van der Waals surface area contributed by atoms with Crippen molar-refractivity contribution in [1.29, 1.82) is 0 Å². The first-order chi connectivity index (χ1) is 27.9. The van der Waals surface area contributed by atoms with Crippen LogP contribution in [0.25, 0.3) is 19.3 Å². The number of hydrogen-bond donors (Lipinski definition) is 0. The molecule has 0 saturated carbocycles. The first-order valence-corrected chi connectivity index (χ1v) is 39.1. The quantitative estimate of drug-likeness (QED) is 0.0578. The van der Waals surface area contributed by atoms with Gasteiger partial charge in [0.05, 0.1) is 0 Å². The fraction of sp³-hybridized carbons (Fsp3) is 0.640. The van der Waals surface area contributed by atoms with Crippen LogP contribution in [0.2, 0.25) is 96.7 Å². The summed E-state index contributed by atoms with van der Waals surface area (Å²) < 4.78 is 2.91. The first kappa shape index (κ1) is 48.2. The van der Waals surface area contributed by atoms with Crippen molar-refractivity contribution in [3.63, 3.8) is 0 Å². The van der Waals surface area contributed by atoms with Crippen LogP contribution in [0, 0.1) is 0 Å². The Balaban J connectivity index is 1.87. The van der Waals surface area contributed by atoms with Gasteiger partial charge in [-0.3, -0.25) is 0 Å². The van der Waals surface area contributed by atoms with Crippen molar-refractivity contribution in [1.82, 2.24) is 0 Å². The number of benzene rings is 2. The molecule has 2 heterocycles.